The number of alkyl halides is 3. The maximum absolute atomic E-state index is 13.0. The van der Waals surface area contributed by atoms with Gasteiger partial charge < -0.3 is 16.4 Å². The number of nitrogens with zero attached hydrogens (tertiary/aromatic N) is 1. The molecular formula is C28H37F3N4S. The summed E-state index contributed by atoms with van der Waals surface area (Å²) in [5.41, 5.74) is 7.80. The molecule has 2 aromatic carbocycles. The SMILES string of the molecule is C/C=C(\NCCC)c1cccs1.CC.CN=C(NCc1ccccc1C(F)(F)F)c1ccccc1N. The molecular weight excluding hydrogens is 481 g/mol. The number of aliphatic imine (C=N–C) groups is 1. The van der Waals surface area contributed by atoms with Crippen LogP contribution in [0, 0.1) is 0 Å². The topological polar surface area (TPSA) is 62.4 Å². The molecule has 0 atom stereocenters. The minimum absolute atomic E-state index is 0.0106. The number of thiophene rings is 1. The van der Waals surface area contributed by atoms with E-state index in [4.69, 9.17) is 5.73 Å². The van der Waals surface area contributed by atoms with Crippen molar-refractivity contribution in [2.24, 2.45) is 4.99 Å². The van der Waals surface area contributed by atoms with Crippen LogP contribution < -0.4 is 16.4 Å². The van der Waals surface area contributed by atoms with E-state index in [1.807, 2.05) is 13.8 Å². The summed E-state index contributed by atoms with van der Waals surface area (Å²) < 4.78 is 38.9. The minimum atomic E-state index is -4.38. The number of allylic oxidation sites excluding steroid dienone is 1. The summed E-state index contributed by atoms with van der Waals surface area (Å²) >= 11 is 1.78. The monoisotopic (exact) mass is 518 g/mol. The van der Waals surface area contributed by atoms with Crippen molar-refractivity contribution in [1.82, 2.24) is 10.6 Å². The first-order valence-electron chi connectivity index (χ1n) is 12.0. The number of benzene rings is 2. The molecule has 1 heterocycles. The van der Waals surface area contributed by atoms with E-state index in [9.17, 15) is 13.2 Å². The Morgan fingerprint density at radius 1 is 1.00 bits per heavy atom. The first-order valence-corrected chi connectivity index (χ1v) is 12.8. The molecule has 3 rings (SSSR count). The van der Waals surface area contributed by atoms with Gasteiger partial charge in [-0.15, -0.1) is 11.3 Å². The molecule has 0 aliphatic rings. The van der Waals surface area contributed by atoms with Crippen molar-refractivity contribution in [2.45, 2.75) is 46.8 Å². The number of amidine groups is 1. The summed E-state index contributed by atoms with van der Waals surface area (Å²) in [5.74, 6) is 0.454. The molecule has 0 fully saturated rings. The van der Waals surface area contributed by atoms with Crippen molar-refractivity contribution in [2.75, 3.05) is 19.3 Å². The number of nitrogen functional groups attached to an aromatic ring is 1. The van der Waals surface area contributed by atoms with Crippen LogP contribution in [-0.2, 0) is 12.7 Å². The maximum Gasteiger partial charge on any atom is 0.416 e. The Bertz CT molecular complexity index is 1070. The maximum atomic E-state index is 13.0. The zero-order valence-electron chi connectivity index (χ0n) is 21.6. The fourth-order valence-corrected chi connectivity index (χ4v) is 3.94. The highest BCUT2D eigenvalue weighted by molar-refractivity contribution is 7.11. The molecule has 0 saturated carbocycles. The molecule has 8 heteroatoms. The number of anilines is 1. The molecule has 0 saturated heterocycles. The lowest BCUT2D eigenvalue weighted by Crippen LogP contribution is -2.26. The van der Waals surface area contributed by atoms with Gasteiger partial charge in [-0.25, -0.2) is 0 Å². The summed E-state index contributed by atoms with van der Waals surface area (Å²) in [6.45, 7) is 9.31. The van der Waals surface area contributed by atoms with E-state index in [0.717, 1.165) is 12.6 Å². The summed E-state index contributed by atoms with van der Waals surface area (Å²) in [6.07, 6.45) is -1.09. The molecule has 0 radical (unpaired) electrons. The van der Waals surface area contributed by atoms with Crippen LogP contribution in [0.2, 0.25) is 0 Å². The summed E-state index contributed by atoms with van der Waals surface area (Å²) in [5, 5.41) is 8.42. The number of para-hydroxylation sites is 1. The Labute approximate surface area is 217 Å². The van der Waals surface area contributed by atoms with E-state index < -0.39 is 11.7 Å². The Kier molecular flexibility index (Phi) is 14.0. The van der Waals surface area contributed by atoms with E-state index in [0.29, 0.717) is 17.1 Å². The van der Waals surface area contributed by atoms with Crippen LogP contribution in [0.3, 0.4) is 0 Å². The Balaban J connectivity index is 0.000000391. The zero-order chi connectivity index (χ0) is 27.0. The number of hydrogen-bond donors (Lipinski definition) is 3. The largest absolute Gasteiger partial charge is 0.416 e. The van der Waals surface area contributed by atoms with Gasteiger partial charge in [-0.3, -0.25) is 4.99 Å². The number of halogens is 3. The molecule has 0 amide bonds. The van der Waals surface area contributed by atoms with Gasteiger partial charge in [-0.2, -0.15) is 13.2 Å². The first-order chi connectivity index (χ1) is 17.3. The van der Waals surface area contributed by atoms with Crippen LogP contribution in [0.4, 0.5) is 18.9 Å². The molecule has 196 valence electrons. The third-order valence-electron chi connectivity index (χ3n) is 4.85. The van der Waals surface area contributed by atoms with Gasteiger partial charge in [0.1, 0.15) is 5.84 Å². The molecule has 4 nitrogen and oxygen atoms in total. The van der Waals surface area contributed by atoms with Crippen LogP contribution in [-0.4, -0.2) is 19.4 Å². The van der Waals surface area contributed by atoms with Gasteiger partial charge in [0.05, 0.1) is 5.56 Å². The van der Waals surface area contributed by atoms with Crippen LogP contribution in [0.15, 0.2) is 77.1 Å². The fraction of sp³-hybridized carbons (Fsp3) is 0.321. The van der Waals surface area contributed by atoms with Gasteiger partial charge in [0, 0.05) is 42.0 Å². The predicted molar refractivity (Wildman–Crippen MR) is 149 cm³/mol. The molecule has 0 aliphatic carbocycles. The number of rotatable bonds is 7. The molecule has 1 aromatic heterocycles. The average molecular weight is 519 g/mol. The number of nitrogens with two attached hydrogens (primary N) is 1. The van der Waals surface area contributed by atoms with Crippen molar-refractivity contribution < 1.29 is 13.2 Å². The quantitative estimate of drug-likeness (QED) is 0.172. The van der Waals surface area contributed by atoms with E-state index in [-0.39, 0.29) is 12.1 Å². The highest BCUT2D eigenvalue weighted by Gasteiger charge is 2.32. The molecule has 3 aromatic rings. The average Bonchev–Trinajstić information content (AvgIpc) is 3.42. The molecule has 0 spiro atoms. The second-order valence-corrected chi connectivity index (χ2v) is 8.22. The smallest absolute Gasteiger partial charge is 0.398 e. The normalized spacial score (nSPS) is 11.6. The van der Waals surface area contributed by atoms with Crippen molar-refractivity contribution in [1.29, 1.82) is 0 Å². The second-order valence-electron chi connectivity index (χ2n) is 7.27. The van der Waals surface area contributed by atoms with Gasteiger partial charge >= 0.3 is 6.18 Å². The van der Waals surface area contributed by atoms with Crippen LogP contribution in [0.25, 0.3) is 5.70 Å². The van der Waals surface area contributed by atoms with E-state index in [1.54, 1.807) is 48.7 Å². The molecule has 0 bridgehead atoms. The Morgan fingerprint density at radius 3 is 2.22 bits per heavy atom. The van der Waals surface area contributed by atoms with Crippen LogP contribution in [0.5, 0.6) is 0 Å². The standard InChI is InChI=1S/C16H16F3N3.C10H15NS.C2H6/c1-21-15(12-7-3-5-9-14(12)20)22-10-11-6-2-4-8-13(11)16(17,18)19;1-3-7-11-9(4-2)10-6-5-8-12-10;1-2/h2-9H,10,20H2,1H3,(H,21,22);4-6,8,11H,3,7H2,1-2H3;1-2H3/b;9-4-;. The van der Waals surface area contributed by atoms with Crippen molar-refractivity contribution in [3.63, 3.8) is 0 Å². The lowest BCUT2D eigenvalue weighted by molar-refractivity contribution is -0.138. The Morgan fingerprint density at radius 2 is 1.67 bits per heavy atom. The minimum Gasteiger partial charge on any atom is -0.398 e. The van der Waals surface area contributed by atoms with E-state index >= 15 is 0 Å². The molecule has 0 aliphatic heterocycles. The van der Waals surface area contributed by atoms with Crippen molar-refractivity contribution >= 4 is 28.6 Å². The molecule has 36 heavy (non-hydrogen) atoms. The zero-order valence-corrected chi connectivity index (χ0v) is 22.4. The molecule has 4 N–H and O–H groups in total. The van der Waals surface area contributed by atoms with Crippen molar-refractivity contribution in [3.05, 3.63) is 93.7 Å². The first kappa shape index (κ1) is 30.8. The van der Waals surface area contributed by atoms with Crippen LogP contribution in [0.1, 0.15) is 55.7 Å². The highest BCUT2D eigenvalue weighted by Crippen LogP contribution is 2.31. The Hall–Kier alpha value is -3.26. The summed E-state index contributed by atoms with van der Waals surface area (Å²) in [4.78, 5) is 5.40. The molecule has 0 unspecified atom stereocenters. The summed E-state index contributed by atoms with van der Waals surface area (Å²) in [7, 11) is 1.56. The highest BCUT2D eigenvalue weighted by atomic mass is 32.1. The number of hydrogen-bond acceptors (Lipinski definition) is 4. The number of nitrogens with one attached hydrogen (secondary N) is 2. The lowest BCUT2D eigenvalue weighted by atomic mass is 10.1. The predicted octanol–water partition coefficient (Wildman–Crippen LogP) is 7.59. The van der Waals surface area contributed by atoms with Crippen molar-refractivity contribution in [3.8, 4) is 0 Å². The summed E-state index contributed by atoms with van der Waals surface area (Å²) in [6, 6.07) is 16.7. The van der Waals surface area contributed by atoms with Gasteiger partial charge in [0.25, 0.3) is 0 Å². The van der Waals surface area contributed by atoms with Gasteiger partial charge in [0.15, 0.2) is 0 Å². The van der Waals surface area contributed by atoms with E-state index in [2.05, 4.69) is 53.1 Å². The third-order valence-corrected chi connectivity index (χ3v) is 5.75. The fourth-order valence-electron chi connectivity index (χ4n) is 3.16. The lowest BCUT2D eigenvalue weighted by Gasteiger charge is -2.15. The van der Waals surface area contributed by atoms with Gasteiger partial charge in [-0.1, -0.05) is 63.2 Å². The third kappa shape index (κ3) is 9.77. The van der Waals surface area contributed by atoms with E-state index in [1.165, 1.54) is 29.1 Å². The van der Waals surface area contributed by atoms with Gasteiger partial charge in [-0.05, 0) is 48.6 Å². The van der Waals surface area contributed by atoms with Crippen LogP contribution >= 0.6 is 11.3 Å². The van der Waals surface area contributed by atoms with Gasteiger partial charge in [0.2, 0.25) is 0 Å². The second kappa shape index (κ2) is 16.4.